The second kappa shape index (κ2) is 6.89. The molecule has 0 aliphatic rings. The Kier molecular flexibility index (Phi) is 4.93. The maximum absolute atomic E-state index is 5.78. The monoisotopic (exact) mass is 271 g/mol. The molecular formula is C16H21N3O. The van der Waals surface area contributed by atoms with E-state index in [0.29, 0.717) is 12.5 Å². The number of hydrogen-bond acceptors (Lipinski definition) is 4. The van der Waals surface area contributed by atoms with Gasteiger partial charge in [-0.05, 0) is 12.5 Å². The molecular weight excluding hydrogens is 250 g/mol. The van der Waals surface area contributed by atoms with Crippen LogP contribution in [-0.2, 0) is 6.61 Å². The SMILES string of the molecule is CCNc1cc(OCc2ccccc2)nc(C(C)C)n1. The van der Waals surface area contributed by atoms with Crippen LogP contribution < -0.4 is 10.1 Å². The summed E-state index contributed by atoms with van der Waals surface area (Å²) in [4.78, 5) is 8.93. The van der Waals surface area contributed by atoms with Gasteiger partial charge < -0.3 is 10.1 Å². The van der Waals surface area contributed by atoms with Crippen LogP contribution in [0, 0.1) is 0 Å². The van der Waals surface area contributed by atoms with Gasteiger partial charge in [-0.1, -0.05) is 44.2 Å². The van der Waals surface area contributed by atoms with Gasteiger partial charge in [0.25, 0.3) is 0 Å². The molecule has 4 nitrogen and oxygen atoms in total. The van der Waals surface area contributed by atoms with Crippen LogP contribution in [0.1, 0.15) is 38.1 Å². The molecule has 1 N–H and O–H groups in total. The third kappa shape index (κ3) is 3.95. The normalized spacial score (nSPS) is 10.6. The van der Waals surface area contributed by atoms with E-state index in [4.69, 9.17) is 4.74 Å². The molecule has 0 unspecified atom stereocenters. The second-order valence-corrected chi connectivity index (χ2v) is 4.91. The van der Waals surface area contributed by atoms with Crippen LogP contribution in [0.2, 0.25) is 0 Å². The predicted molar refractivity (Wildman–Crippen MR) is 81.1 cm³/mol. The molecule has 106 valence electrons. The van der Waals surface area contributed by atoms with Gasteiger partial charge >= 0.3 is 0 Å². The minimum absolute atomic E-state index is 0.271. The number of ether oxygens (including phenoxy) is 1. The molecule has 0 radical (unpaired) electrons. The number of anilines is 1. The van der Waals surface area contributed by atoms with E-state index in [1.807, 2.05) is 43.3 Å². The maximum Gasteiger partial charge on any atom is 0.219 e. The Hall–Kier alpha value is -2.10. The van der Waals surface area contributed by atoms with Gasteiger partial charge in [0.15, 0.2) is 0 Å². The van der Waals surface area contributed by atoms with Crippen molar-refractivity contribution in [2.75, 3.05) is 11.9 Å². The van der Waals surface area contributed by atoms with E-state index >= 15 is 0 Å². The number of nitrogens with one attached hydrogen (secondary N) is 1. The summed E-state index contributed by atoms with van der Waals surface area (Å²) in [6.45, 7) is 7.54. The highest BCUT2D eigenvalue weighted by molar-refractivity contribution is 5.38. The highest BCUT2D eigenvalue weighted by Gasteiger charge is 2.08. The molecule has 4 heteroatoms. The molecule has 0 aliphatic heterocycles. The van der Waals surface area contributed by atoms with Gasteiger partial charge in [0.05, 0.1) is 0 Å². The summed E-state index contributed by atoms with van der Waals surface area (Å²) in [5, 5.41) is 3.21. The zero-order chi connectivity index (χ0) is 14.4. The van der Waals surface area contributed by atoms with Crippen molar-refractivity contribution in [2.24, 2.45) is 0 Å². The maximum atomic E-state index is 5.78. The standard InChI is InChI=1S/C16H21N3O/c1-4-17-14-10-15(19-16(18-14)12(2)3)20-11-13-8-6-5-7-9-13/h5-10,12H,4,11H2,1-3H3,(H,17,18,19). The summed E-state index contributed by atoms with van der Waals surface area (Å²) < 4.78 is 5.78. The van der Waals surface area contributed by atoms with Gasteiger partial charge in [-0.3, -0.25) is 0 Å². The van der Waals surface area contributed by atoms with Crippen molar-refractivity contribution >= 4 is 5.82 Å². The number of rotatable bonds is 6. The smallest absolute Gasteiger partial charge is 0.219 e. The van der Waals surface area contributed by atoms with Gasteiger partial charge in [0.2, 0.25) is 5.88 Å². The first-order chi connectivity index (χ1) is 9.69. The summed E-state index contributed by atoms with van der Waals surface area (Å²) in [7, 11) is 0. The van der Waals surface area contributed by atoms with Crippen molar-refractivity contribution in [3.8, 4) is 5.88 Å². The number of aromatic nitrogens is 2. The van der Waals surface area contributed by atoms with E-state index in [0.717, 1.165) is 23.8 Å². The Bertz CT molecular complexity index is 541. The van der Waals surface area contributed by atoms with Crippen molar-refractivity contribution in [1.82, 2.24) is 9.97 Å². The lowest BCUT2D eigenvalue weighted by atomic mass is 10.2. The summed E-state index contributed by atoms with van der Waals surface area (Å²) >= 11 is 0. The molecule has 0 saturated carbocycles. The molecule has 1 aromatic carbocycles. The molecule has 0 atom stereocenters. The van der Waals surface area contributed by atoms with Gasteiger partial charge in [0.1, 0.15) is 18.2 Å². The average molecular weight is 271 g/mol. The lowest BCUT2D eigenvalue weighted by Crippen LogP contribution is -2.07. The van der Waals surface area contributed by atoms with Crippen LogP contribution >= 0.6 is 0 Å². The van der Waals surface area contributed by atoms with Crippen molar-refractivity contribution in [1.29, 1.82) is 0 Å². The quantitative estimate of drug-likeness (QED) is 0.872. The van der Waals surface area contributed by atoms with Crippen LogP contribution in [0.4, 0.5) is 5.82 Å². The Balaban J connectivity index is 2.13. The third-order valence-electron chi connectivity index (χ3n) is 2.82. The lowest BCUT2D eigenvalue weighted by Gasteiger charge is -2.11. The highest BCUT2D eigenvalue weighted by atomic mass is 16.5. The fourth-order valence-electron chi connectivity index (χ4n) is 1.78. The molecule has 0 spiro atoms. The molecule has 0 amide bonds. The van der Waals surface area contributed by atoms with E-state index in [9.17, 15) is 0 Å². The van der Waals surface area contributed by atoms with Crippen molar-refractivity contribution in [2.45, 2.75) is 33.3 Å². The van der Waals surface area contributed by atoms with Crippen LogP contribution in [-0.4, -0.2) is 16.5 Å². The van der Waals surface area contributed by atoms with E-state index < -0.39 is 0 Å². The average Bonchev–Trinajstić information content (AvgIpc) is 2.46. The fourth-order valence-corrected chi connectivity index (χ4v) is 1.78. The largest absolute Gasteiger partial charge is 0.473 e. The van der Waals surface area contributed by atoms with Crippen LogP contribution in [0.5, 0.6) is 5.88 Å². The Labute approximate surface area is 120 Å². The Morgan fingerprint density at radius 3 is 2.55 bits per heavy atom. The first kappa shape index (κ1) is 14.3. The van der Waals surface area contributed by atoms with E-state index in [1.165, 1.54) is 0 Å². The molecule has 1 aromatic heterocycles. The summed E-state index contributed by atoms with van der Waals surface area (Å²) in [6.07, 6.45) is 0. The first-order valence-electron chi connectivity index (χ1n) is 6.98. The molecule has 0 saturated heterocycles. The first-order valence-corrected chi connectivity index (χ1v) is 6.98. The predicted octanol–water partition coefficient (Wildman–Crippen LogP) is 3.61. The molecule has 1 heterocycles. The number of hydrogen-bond donors (Lipinski definition) is 1. The lowest BCUT2D eigenvalue weighted by molar-refractivity contribution is 0.292. The van der Waals surface area contributed by atoms with Crippen LogP contribution in [0.15, 0.2) is 36.4 Å². The molecule has 20 heavy (non-hydrogen) atoms. The summed E-state index contributed by atoms with van der Waals surface area (Å²) in [5.74, 6) is 2.50. The zero-order valence-electron chi connectivity index (χ0n) is 12.3. The molecule has 2 aromatic rings. The minimum atomic E-state index is 0.271. The molecule has 0 bridgehead atoms. The summed E-state index contributed by atoms with van der Waals surface area (Å²) in [6, 6.07) is 11.9. The molecule has 2 rings (SSSR count). The van der Waals surface area contributed by atoms with E-state index in [-0.39, 0.29) is 5.92 Å². The third-order valence-corrected chi connectivity index (χ3v) is 2.82. The van der Waals surface area contributed by atoms with Gasteiger partial charge in [-0.15, -0.1) is 0 Å². The highest BCUT2D eigenvalue weighted by Crippen LogP contribution is 2.19. The second-order valence-electron chi connectivity index (χ2n) is 4.91. The zero-order valence-corrected chi connectivity index (χ0v) is 12.3. The van der Waals surface area contributed by atoms with Crippen LogP contribution in [0.25, 0.3) is 0 Å². The van der Waals surface area contributed by atoms with E-state index in [2.05, 4.69) is 29.1 Å². The molecule has 0 fully saturated rings. The summed E-state index contributed by atoms with van der Waals surface area (Å²) in [5.41, 5.74) is 1.13. The van der Waals surface area contributed by atoms with Gasteiger partial charge in [-0.25, -0.2) is 4.98 Å². The molecule has 0 aliphatic carbocycles. The Morgan fingerprint density at radius 1 is 1.15 bits per heavy atom. The fraction of sp³-hybridized carbons (Fsp3) is 0.375. The minimum Gasteiger partial charge on any atom is -0.473 e. The topological polar surface area (TPSA) is 47.0 Å². The van der Waals surface area contributed by atoms with E-state index in [1.54, 1.807) is 0 Å². The Morgan fingerprint density at radius 2 is 1.90 bits per heavy atom. The van der Waals surface area contributed by atoms with Gasteiger partial charge in [0, 0.05) is 18.5 Å². The van der Waals surface area contributed by atoms with Crippen LogP contribution in [0.3, 0.4) is 0 Å². The van der Waals surface area contributed by atoms with Crippen molar-refractivity contribution < 1.29 is 4.74 Å². The van der Waals surface area contributed by atoms with Crippen molar-refractivity contribution in [3.05, 3.63) is 47.8 Å². The number of benzene rings is 1. The van der Waals surface area contributed by atoms with Crippen molar-refractivity contribution in [3.63, 3.8) is 0 Å². The number of nitrogens with zero attached hydrogens (tertiary/aromatic N) is 2. The van der Waals surface area contributed by atoms with Gasteiger partial charge in [-0.2, -0.15) is 4.98 Å².